The van der Waals surface area contributed by atoms with Crippen molar-refractivity contribution in [1.82, 2.24) is 19.5 Å². The lowest BCUT2D eigenvalue weighted by atomic mass is 10.1. The van der Waals surface area contributed by atoms with Crippen molar-refractivity contribution in [3.63, 3.8) is 0 Å². The number of benzene rings is 2. The number of rotatable bonds is 8. The molecule has 0 fully saturated rings. The molecule has 9 nitrogen and oxygen atoms in total. The highest BCUT2D eigenvalue weighted by molar-refractivity contribution is 6.04. The quantitative estimate of drug-likeness (QED) is 0.271. The average molecular weight is 497 g/mol. The number of methoxy groups -OCH3 is 2. The lowest BCUT2D eigenvalue weighted by molar-refractivity contribution is 0.269. The highest BCUT2D eigenvalue weighted by Gasteiger charge is 2.25. The van der Waals surface area contributed by atoms with Gasteiger partial charge in [0.15, 0.2) is 0 Å². The lowest BCUT2D eigenvalue weighted by Gasteiger charge is -2.13. The number of H-pyrrole nitrogens is 1. The Morgan fingerprint density at radius 2 is 1.95 bits per heavy atom. The summed E-state index contributed by atoms with van der Waals surface area (Å²) in [6.45, 7) is 4.40. The number of anilines is 1. The van der Waals surface area contributed by atoms with Crippen molar-refractivity contribution >= 4 is 27.8 Å². The van der Waals surface area contributed by atoms with Crippen LogP contribution in [-0.4, -0.2) is 38.8 Å². The number of nitriles is 1. The third-order valence-electron chi connectivity index (χ3n) is 6.51. The maximum absolute atomic E-state index is 10.5. The predicted molar refractivity (Wildman–Crippen MR) is 143 cm³/mol. The standard InChI is InChI=1S/C28H28N6O3/c1-16(2)34-23(14-35)25(22-10-18-6-5-17(12-29)9-21(18)33-22)26-27(31-15-32-28(26)34)30-13-19-7-8-20(36-3)11-24(19)37-4/h5-11,15-16,33,35H,13-14H2,1-4H3,(H,30,31,32). The minimum atomic E-state index is -0.172. The monoisotopic (exact) mass is 496 g/mol. The van der Waals surface area contributed by atoms with Crippen molar-refractivity contribution < 1.29 is 14.6 Å². The minimum Gasteiger partial charge on any atom is -0.497 e. The third-order valence-corrected chi connectivity index (χ3v) is 6.51. The van der Waals surface area contributed by atoms with Crippen molar-refractivity contribution in [3.05, 3.63) is 65.6 Å². The summed E-state index contributed by atoms with van der Waals surface area (Å²) in [5.41, 5.74) is 5.47. The second kappa shape index (κ2) is 9.84. The summed E-state index contributed by atoms with van der Waals surface area (Å²) in [5, 5.41) is 25.1. The molecule has 0 unspecified atom stereocenters. The number of nitrogens with zero attached hydrogens (tertiary/aromatic N) is 4. The number of hydrogen-bond acceptors (Lipinski definition) is 7. The number of fused-ring (bicyclic) bond motifs is 2. The van der Waals surface area contributed by atoms with Crippen LogP contribution in [0, 0.1) is 11.3 Å². The van der Waals surface area contributed by atoms with Gasteiger partial charge in [-0.25, -0.2) is 9.97 Å². The maximum Gasteiger partial charge on any atom is 0.146 e. The average Bonchev–Trinajstić information content (AvgIpc) is 3.49. The molecule has 0 aliphatic rings. The molecule has 0 spiro atoms. The zero-order chi connectivity index (χ0) is 26.1. The second-order valence-electron chi connectivity index (χ2n) is 8.99. The smallest absolute Gasteiger partial charge is 0.146 e. The molecule has 2 aromatic carbocycles. The van der Waals surface area contributed by atoms with E-state index in [0.717, 1.165) is 44.5 Å². The van der Waals surface area contributed by atoms with E-state index in [2.05, 4.69) is 40.2 Å². The second-order valence-corrected chi connectivity index (χ2v) is 8.99. The van der Waals surface area contributed by atoms with E-state index in [1.807, 2.05) is 41.0 Å². The molecule has 0 radical (unpaired) electrons. The molecule has 0 amide bonds. The number of aliphatic hydroxyl groups excluding tert-OH is 1. The summed E-state index contributed by atoms with van der Waals surface area (Å²) < 4.78 is 12.9. The van der Waals surface area contributed by atoms with Gasteiger partial charge in [-0.3, -0.25) is 0 Å². The fraction of sp³-hybridized carbons (Fsp3) is 0.250. The van der Waals surface area contributed by atoms with E-state index in [1.54, 1.807) is 20.3 Å². The van der Waals surface area contributed by atoms with Gasteiger partial charge in [0.2, 0.25) is 0 Å². The molecule has 3 heterocycles. The van der Waals surface area contributed by atoms with Gasteiger partial charge in [-0.15, -0.1) is 0 Å². The minimum absolute atomic E-state index is 0.0532. The molecule has 5 rings (SSSR count). The van der Waals surface area contributed by atoms with Crippen LogP contribution in [0.3, 0.4) is 0 Å². The van der Waals surface area contributed by atoms with Crippen LogP contribution in [0.1, 0.15) is 36.7 Å². The summed E-state index contributed by atoms with van der Waals surface area (Å²) in [4.78, 5) is 12.6. The molecular formula is C28H28N6O3. The maximum atomic E-state index is 10.5. The van der Waals surface area contributed by atoms with Crippen LogP contribution in [0.15, 0.2) is 48.8 Å². The normalized spacial score (nSPS) is 11.3. The lowest BCUT2D eigenvalue weighted by Crippen LogP contribution is -2.07. The van der Waals surface area contributed by atoms with E-state index in [1.165, 1.54) is 6.33 Å². The van der Waals surface area contributed by atoms with Gasteiger partial charge in [-0.05, 0) is 44.2 Å². The number of nitrogens with one attached hydrogen (secondary N) is 2. The number of aliphatic hydroxyl groups is 1. The van der Waals surface area contributed by atoms with Crippen LogP contribution in [0.2, 0.25) is 0 Å². The van der Waals surface area contributed by atoms with Gasteiger partial charge in [0, 0.05) is 46.4 Å². The van der Waals surface area contributed by atoms with E-state index in [0.29, 0.717) is 29.4 Å². The molecule has 37 heavy (non-hydrogen) atoms. The Morgan fingerprint density at radius 3 is 2.65 bits per heavy atom. The van der Waals surface area contributed by atoms with Gasteiger partial charge in [0.1, 0.15) is 29.3 Å². The van der Waals surface area contributed by atoms with Crippen molar-refractivity contribution in [1.29, 1.82) is 5.26 Å². The van der Waals surface area contributed by atoms with Crippen LogP contribution in [0.4, 0.5) is 5.82 Å². The van der Waals surface area contributed by atoms with Gasteiger partial charge in [-0.1, -0.05) is 6.07 Å². The van der Waals surface area contributed by atoms with Gasteiger partial charge in [0.05, 0.1) is 43.5 Å². The van der Waals surface area contributed by atoms with Crippen LogP contribution in [0.25, 0.3) is 33.2 Å². The summed E-state index contributed by atoms with van der Waals surface area (Å²) >= 11 is 0. The van der Waals surface area contributed by atoms with Crippen LogP contribution in [0.5, 0.6) is 11.5 Å². The molecule has 3 N–H and O–H groups in total. The van der Waals surface area contributed by atoms with Crippen molar-refractivity contribution in [2.75, 3.05) is 19.5 Å². The van der Waals surface area contributed by atoms with Crippen molar-refractivity contribution in [2.24, 2.45) is 0 Å². The Balaban J connectivity index is 1.68. The molecule has 9 heteroatoms. The number of hydrogen-bond donors (Lipinski definition) is 3. The topological polar surface area (TPSA) is 121 Å². The largest absolute Gasteiger partial charge is 0.497 e. The van der Waals surface area contributed by atoms with Crippen molar-refractivity contribution in [2.45, 2.75) is 33.0 Å². The molecule has 0 aliphatic carbocycles. The van der Waals surface area contributed by atoms with Crippen LogP contribution >= 0.6 is 0 Å². The molecule has 188 valence electrons. The van der Waals surface area contributed by atoms with E-state index < -0.39 is 0 Å². The molecule has 0 aliphatic heterocycles. The van der Waals surface area contributed by atoms with Gasteiger partial charge < -0.3 is 29.4 Å². The van der Waals surface area contributed by atoms with E-state index in [4.69, 9.17) is 9.47 Å². The highest BCUT2D eigenvalue weighted by Crippen LogP contribution is 2.40. The van der Waals surface area contributed by atoms with Gasteiger partial charge in [0.25, 0.3) is 0 Å². The van der Waals surface area contributed by atoms with Gasteiger partial charge in [-0.2, -0.15) is 5.26 Å². The number of ether oxygens (including phenoxy) is 2. The molecule has 0 saturated carbocycles. The Morgan fingerprint density at radius 1 is 1.11 bits per heavy atom. The first kappa shape index (κ1) is 24.2. The first-order valence-corrected chi connectivity index (χ1v) is 12.0. The Bertz CT molecular complexity index is 1640. The third kappa shape index (κ3) is 4.21. The predicted octanol–water partition coefficient (Wildman–Crippen LogP) is 5.15. The van der Waals surface area contributed by atoms with E-state index in [-0.39, 0.29) is 12.6 Å². The summed E-state index contributed by atoms with van der Waals surface area (Å²) in [6.07, 6.45) is 1.53. The number of aromatic amines is 1. The van der Waals surface area contributed by atoms with Gasteiger partial charge >= 0.3 is 0 Å². The molecular weight excluding hydrogens is 468 g/mol. The summed E-state index contributed by atoms with van der Waals surface area (Å²) in [6, 6.07) is 15.5. The zero-order valence-corrected chi connectivity index (χ0v) is 21.2. The van der Waals surface area contributed by atoms with Crippen LogP contribution < -0.4 is 14.8 Å². The summed E-state index contributed by atoms with van der Waals surface area (Å²) in [5.74, 6) is 2.06. The first-order chi connectivity index (χ1) is 18.0. The Labute approximate surface area is 214 Å². The highest BCUT2D eigenvalue weighted by atomic mass is 16.5. The van der Waals surface area contributed by atoms with Crippen molar-refractivity contribution in [3.8, 4) is 28.8 Å². The van der Waals surface area contributed by atoms with E-state index >= 15 is 0 Å². The van der Waals surface area contributed by atoms with Crippen LogP contribution in [-0.2, 0) is 13.2 Å². The first-order valence-electron chi connectivity index (χ1n) is 12.0. The Hall–Kier alpha value is -4.55. The molecule has 0 bridgehead atoms. The fourth-order valence-corrected chi connectivity index (χ4v) is 4.83. The molecule has 0 atom stereocenters. The zero-order valence-electron chi connectivity index (χ0n) is 21.2. The molecule has 5 aromatic rings. The Kier molecular flexibility index (Phi) is 6.42. The van der Waals surface area contributed by atoms with E-state index in [9.17, 15) is 10.4 Å². The fourth-order valence-electron chi connectivity index (χ4n) is 4.83. The summed E-state index contributed by atoms with van der Waals surface area (Å²) in [7, 11) is 3.25. The molecule has 3 aromatic heterocycles. The SMILES string of the molecule is COc1ccc(CNc2ncnc3c2c(-c2cc4ccc(C#N)cc4[nH]2)c(CO)n3C(C)C)c(OC)c1. The number of aromatic nitrogens is 4. The molecule has 0 saturated heterocycles.